The average Bonchev–Trinajstić information content (AvgIpc) is 3.02. The molecule has 1 aromatic heterocycles. The van der Waals surface area contributed by atoms with E-state index in [1.54, 1.807) is 0 Å². The number of amides is 2. The lowest BCUT2D eigenvalue weighted by Crippen LogP contribution is -2.54. The van der Waals surface area contributed by atoms with Gasteiger partial charge in [0.1, 0.15) is 0 Å². The number of halogens is 3. The summed E-state index contributed by atoms with van der Waals surface area (Å²) in [5.74, 6) is -0.415. The number of carbonyl (C=O) groups excluding carboxylic acids is 2. The van der Waals surface area contributed by atoms with E-state index in [0.717, 1.165) is 50.8 Å². The van der Waals surface area contributed by atoms with E-state index < -0.39 is 23.7 Å². The number of Topliss-reactive ketones (excluding diaryl/α,β-unsaturated/α-hetero) is 1. The molecule has 3 atom stereocenters. The van der Waals surface area contributed by atoms with Crippen molar-refractivity contribution in [3.05, 3.63) is 119 Å². The number of ketones is 1. The Hall–Kier alpha value is -5.18. The number of anilines is 2. The third-order valence-corrected chi connectivity index (χ3v) is 8.43. The Morgan fingerprint density at radius 2 is 1.57 bits per heavy atom. The summed E-state index contributed by atoms with van der Waals surface area (Å²) in [5, 5.41) is 11.1. The quantitative estimate of drug-likeness (QED) is 0.146. The first-order valence-electron chi connectivity index (χ1n) is 14.4. The van der Waals surface area contributed by atoms with E-state index in [2.05, 4.69) is 22.0 Å². The maximum atomic E-state index is 14.1. The molecule has 0 radical (unpaired) electrons. The van der Waals surface area contributed by atoms with Gasteiger partial charge in [-0.15, -0.1) is 0 Å². The fourth-order valence-corrected chi connectivity index (χ4v) is 6.25. The van der Waals surface area contributed by atoms with Gasteiger partial charge in [0, 0.05) is 33.6 Å². The van der Waals surface area contributed by atoms with Crippen LogP contribution in [0.25, 0.3) is 27.9 Å². The number of nitrogens with zero attached hydrogens (tertiary/aromatic N) is 1. The van der Waals surface area contributed by atoms with Crippen molar-refractivity contribution >= 4 is 51.1 Å². The van der Waals surface area contributed by atoms with Crippen LogP contribution in [-0.2, 0) is 6.18 Å². The van der Waals surface area contributed by atoms with Crippen LogP contribution in [0.15, 0.2) is 103 Å². The summed E-state index contributed by atoms with van der Waals surface area (Å²) >= 11 is 0. The van der Waals surface area contributed by atoms with Crippen LogP contribution in [0.3, 0.4) is 0 Å². The maximum absolute atomic E-state index is 14.1. The molecule has 1 fully saturated rings. The zero-order valence-electron chi connectivity index (χ0n) is 23.4. The maximum Gasteiger partial charge on any atom is 0.416 e. The smallest absolute Gasteiger partial charge is 0.376 e. The summed E-state index contributed by atoms with van der Waals surface area (Å²) in [4.78, 5) is 31.8. The number of fused-ring (bicyclic) bond motifs is 4. The van der Waals surface area contributed by atoms with Crippen LogP contribution < -0.4 is 16.0 Å². The van der Waals surface area contributed by atoms with E-state index in [0.29, 0.717) is 18.4 Å². The van der Waals surface area contributed by atoms with Crippen LogP contribution in [0, 0.1) is 5.92 Å². The van der Waals surface area contributed by atoms with Crippen LogP contribution in [0.4, 0.5) is 29.3 Å². The third-order valence-electron chi connectivity index (χ3n) is 8.43. The predicted octanol–water partition coefficient (Wildman–Crippen LogP) is 8.07. The van der Waals surface area contributed by atoms with Crippen molar-refractivity contribution in [1.82, 2.24) is 10.3 Å². The molecule has 5 aromatic rings. The monoisotopic (exact) mass is 592 g/mol. The minimum atomic E-state index is -4.46. The second kappa shape index (κ2) is 10.8. The Labute approximate surface area is 251 Å². The molecular formula is C35H27F3N4O2. The lowest BCUT2D eigenvalue weighted by molar-refractivity contribution is -0.137. The van der Waals surface area contributed by atoms with Gasteiger partial charge in [0.05, 0.1) is 28.7 Å². The standard InChI is InChI=1S/C35H27F3N4O2/c36-35(37,38)24-11-13-25(14-12-24)39-34(44)42-30-16-15-26(27-18-21-6-2-4-8-29(21)41-32(27)30)33(43)23-10-9-22-17-20-5-1-3-7-28(20)40-31(22)19-23/h1-14,17-19,26,30,32,41H,15-16H2,(H2,39,42,44). The lowest BCUT2D eigenvalue weighted by atomic mass is 9.72. The van der Waals surface area contributed by atoms with E-state index in [1.165, 1.54) is 12.1 Å². The highest BCUT2D eigenvalue weighted by Crippen LogP contribution is 2.40. The van der Waals surface area contributed by atoms with E-state index in [1.807, 2.05) is 72.8 Å². The summed E-state index contributed by atoms with van der Waals surface area (Å²) in [7, 11) is 0. The Morgan fingerprint density at radius 3 is 2.39 bits per heavy atom. The van der Waals surface area contributed by atoms with Crippen LogP contribution in [0.1, 0.15) is 34.3 Å². The number of rotatable bonds is 4. The van der Waals surface area contributed by atoms with Crippen molar-refractivity contribution in [1.29, 1.82) is 0 Å². The number of alkyl halides is 3. The lowest BCUT2D eigenvalue weighted by Gasteiger charge is -2.42. The van der Waals surface area contributed by atoms with Gasteiger partial charge < -0.3 is 16.0 Å². The molecule has 0 bridgehead atoms. The molecule has 1 aliphatic heterocycles. The largest absolute Gasteiger partial charge is 0.416 e. The number of benzene rings is 4. The fraction of sp³-hybridized carbons (Fsp3) is 0.171. The third kappa shape index (κ3) is 5.25. The number of hydrogen-bond donors (Lipinski definition) is 3. The van der Waals surface area contributed by atoms with Gasteiger partial charge in [-0.2, -0.15) is 13.2 Å². The van der Waals surface area contributed by atoms with Gasteiger partial charge >= 0.3 is 12.2 Å². The second-order valence-electron chi connectivity index (χ2n) is 11.2. The number of carbonyl (C=O) groups is 2. The highest BCUT2D eigenvalue weighted by atomic mass is 19.4. The van der Waals surface area contributed by atoms with Crippen molar-refractivity contribution in [2.24, 2.45) is 5.92 Å². The molecule has 220 valence electrons. The molecule has 3 unspecified atom stereocenters. The van der Waals surface area contributed by atoms with E-state index in [-0.39, 0.29) is 23.6 Å². The molecular weight excluding hydrogens is 565 g/mol. The highest BCUT2D eigenvalue weighted by Gasteiger charge is 2.41. The molecule has 4 aromatic carbocycles. The van der Waals surface area contributed by atoms with Gasteiger partial charge in [0.25, 0.3) is 0 Å². The first kappa shape index (κ1) is 27.6. The molecule has 2 heterocycles. The number of aromatic nitrogens is 1. The van der Waals surface area contributed by atoms with E-state index in [9.17, 15) is 22.8 Å². The minimum absolute atomic E-state index is 0.00746. The van der Waals surface area contributed by atoms with Gasteiger partial charge in [-0.1, -0.05) is 54.6 Å². The number of nitrogens with one attached hydrogen (secondary N) is 3. The van der Waals surface area contributed by atoms with Crippen molar-refractivity contribution in [2.45, 2.75) is 31.1 Å². The number of hydrogen-bond acceptors (Lipinski definition) is 4. The summed E-state index contributed by atoms with van der Waals surface area (Å²) in [6.07, 6.45) is -1.39. The van der Waals surface area contributed by atoms with Gasteiger partial charge in [-0.3, -0.25) is 4.79 Å². The molecule has 6 nitrogen and oxygen atoms in total. The molecule has 1 aliphatic carbocycles. The Balaban J connectivity index is 1.14. The molecule has 0 saturated heterocycles. The molecule has 44 heavy (non-hydrogen) atoms. The Morgan fingerprint density at radius 1 is 0.818 bits per heavy atom. The molecule has 9 heteroatoms. The predicted molar refractivity (Wildman–Crippen MR) is 166 cm³/mol. The van der Waals surface area contributed by atoms with Crippen molar-refractivity contribution in [3.8, 4) is 0 Å². The fourth-order valence-electron chi connectivity index (χ4n) is 6.25. The number of urea groups is 1. The zero-order chi connectivity index (χ0) is 30.4. The summed E-state index contributed by atoms with van der Waals surface area (Å²) < 4.78 is 38.8. The van der Waals surface area contributed by atoms with Crippen LogP contribution in [0.5, 0.6) is 0 Å². The average molecular weight is 593 g/mol. The van der Waals surface area contributed by atoms with Gasteiger partial charge in [0.2, 0.25) is 0 Å². The molecule has 1 saturated carbocycles. The number of pyridine rings is 1. The summed E-state index contributed by atoms with van der Waals surface area (Å²) in [6.45, 7) is 0. The van der Waals surface area contributed by atoms with Crippen molar-refractivity contribution in [3.63, 3.8) is 0 Å². The Bertz CT molecular complexity index is 1950. The first-order chi connectivity index (χ1) is 21.2. The second-order valence-corrected chi connectivity index (χ2v) is 11.2. The van der Waals surface area contributed by atoms with Crippen LogP contribution in [0.2, 0.25) is 0 Å². The van der Waals surface area contributed by atoms with Crippen molar-refractivity contribution < 1.29 is 22.8 Å². The number of para-hydroxylation sites is 2. The van der Waals surface area contributed by atoms with Gasteiger partial charge in [-0.05, 0) is 72.5 Å². The van der Waals surface area contributed by atoms with Crippen LogP contribution >= 0.6 is 0 Å². The zero-order valence-corrected chi connectivity index (χ0v) is 23.4. The topological polar surface area (TPSA) is 83.1 Å². The summed E-state index contributed by atoms with van der Waals surface area (Å²) in [6, 6.07) is 26.4. The van der Waals surface area contributed by atoms with Crippen molar-refractivity contribution in [2.75, 3.05) is 10.6 Å². The first-order valence-corrected chi connectivity index (χ1v) is 14.4. The van der Waals surface area contributed by atoms with E-state index in [4.69, 9.17) is 4.98 Å². The molecule has 2 amide bonds. The van der Waals surface area contributed by atoms with E-state index >= 15 is 0 Å². The highest BCUT2D eigenvalue weighted by molar-refractivity contribution is 6.04. The molecule has 7 rings (SSSR count). The molecule has 2 aliphatic rings. The SMILES string of the molecule is O=C(Nc1ccc(C(F)(F)F)cc1)NC1CCC(C(=O)c2ccc3cc4ccccc4nc3c2)C2=Cc3ccccc3NC21. The van der Waals surface area contributed by atoms with Gasteiger partial charge in [-0.25, -0.2) is 9.78 Å². The normalized spacial score (nSPS) is 19.3. The van der Waals surface area contributed by atoms with Crippen LogP contribution in [-0.4, -0.2) is 28.9 Å². The summed E-state index contributed by atoms with van der Waals surface area (Å²) in [5.41, 5.74) is 4.38. The van der Waals surface area contributed by atoms with Gasteiger partial charge in [0.15, 0.2) is 5.78 Å². The minimum Gasteiger partial charge on any atom is -0.376 e. The molecule has 3 N–H and O–H groups in total. The molecule has 0 spiro atoms. The Kier molecular flexibility index (Phi) is 6.80.